The van der Waals surface area contributed by atoms with Gasteiger partial charge in [-0.05, 0) is 31.7 Å². The average molecular weight is 455 g/mol. The van der Waals surface area contributed by atoms with Crippen LogP contribution in [0.25, 0.3) is 6.08 Å². The third-order valence-corrected chi connectivity index (χ3v) is 5.33. The number of carbonyl (C=O) groups excluding carboxylic acids is 1. The Morgan fingerprint density at radius 3 is 2.72 bits per heavy atom. The van der Waals surface area contributed by atoms with Crippen LogP contribution in [0.5, 0.6) is 0 Å². The number of hydrogen-bond donors (Lipinski definition) is 2. The largest absolute Gasteiger partial charge is 0.418 e. The van der Waals surface area contributed by atoms with E-state index in [1.165, 1.54) is 6.20 Å². The summed E-state index contributed by atoms with van der Waals surface area (Å²) in [6.07, 6.45) is 2.87. The molecule has 0 aliphatic carbocycles. The molecule has 4 rings (SSSR count). The Hall–Kier alpha value is -3.50. The summed E-state index contributed by atoms with van der Waals surface area (Å²) in [6, 6.07) is 5.45. The summed E-state index contributed by atoms with van der Waals surface area (Å²) in [4.78, 5) is 34.2. The van der Waals surface area contributed by atoms with Gasteiger partial charge in [0.1, 0.15) is 0 Å². The molecule has 0 unspecified atom stereocenters. The fourth-order valence-electron chi connectivity index (χ4n) is 3.17. The Balaban J connectivity index is 1.50. The number of carbonyl (C=O) groups is 1. The van der Waals surface area contributed by atoms with Gasteiger partial charge < -0.3 is 19.5 Å². The van der Waals surface area contributed by atoms with E-state index >= 15 is 0 Å². The summed E-state index contributed by atoms with van der Waals surface area (Å²) >= 11 is 6.18. The molecule has 1 aliphatic heterocycles. The lowest BCUT2D eigenvalue weighted by Crippen LogP contribution is -2.45. The highest BCUT2D eigenvalue weighted by Crippen LogP contribution is 2.26. The number of oxazole rings is 1. The second-order valence-corrected chi connectivity index (χ2v) is 7.76. The predicted molar refractivity (Wildman–Crippen MR) is 124 cm³/mol. The van der Waals surface area contributed by atoms with Gasteiger partial charge in [0.05, 0.1) is 16.9 Å². The van der Waals surface area contributed by atoms with E-state index in [-0.39, 0.29) is 17.7 Å². The van der Waals surface area contributed by atoms with Gasteiger partial charge in [-0.1, -0.05) is 30.3 Å². The molecule has 3 aromatic rings. The molecule has 166 valence electrons. The van der Waals surface area contributed by atoms with Gasteiger partial charge in [-0.15, -0.1) is 0 Å². The summed E-state index contributed by atoms with van der Waals surface area (Å²) in [5.41, 5.74) is 1.36. The zero-order valence-electron chi connectivity index (χ0n) is 17.8. The van der Waals surface area contributed by atoms with E-state index in [4.69, 9.17) is 16.0 Å². The van der Waals surface area contributed by atoms with E-state index in [2.05, 4.69) is 54.0 Å². The number of para-hydroxylation sites is 1. The van der Waals surface area contributed by atoms with Crippen molar-refractivity contribution in [3.8, 4) is 0 Å². The number of aromatic nitrogens is 4. The van der Waals surface area contributed by atoms with Gasteiger partial charge in [0.2, 0.25) is 17.7 Å². The molecule has 32 heavy (non-hydrogen) atoms. The number of nitrogens with one attached hydrogen (secondary N) is 2. The number of amides is 1. The van der Waals surface area contributed by atoms with Crippen LogP contribution in [0, 0.1) is 6.92 Å². The van der Waals surface area contributed by atoms with Crippen molar-refractivity contribution < 1.29 is 9.21 Å². The first-order valence-electron chi connectivity index (χ1n) is 10.0. The number of likely N-dealkylation sites (N-methyl/N-ethyl adjacent to an activating group) is 1. The third kappa shape index (κ3) is 4.87. The first-order chi connectivity index (χ1) is 15.4. The van der Waals surface area contributed by atoms with E-state index in [1.807, 2.05) is 19.1 Å². The van der Waals surface area contributed by atoms with Crippen molar-refractivity contribution in [2.75, 3.05) is 48.8 Å². The molecule has 1 aromatic carbocycles. The van der Waals surface area contributed by atoms with E-state index < -0.39 is 5.91 Å². The van der Waals surface area contributed by atoms with E-state index in [1.54, 1.807) is 12.1 Å². The highest BCUT2D eigenvalue weighted by molar-refractivity contribution is 6.34. The van der Waals surface area contributed by atoms with Crippen LogP contribution < -0.4 is 15.5 Å². The first kappa shape index (κ1) is 21.7. The van der Waals surface area contributed by atoms with Gasteiger partial charge in [-0.25, -0.2) is 4.98 Å². The number of anilines is 4. The lowest BCUT2D eigenvalue weighted by Gasteiger charge is -2.32. The number of halogens is 1. The Bertz CT molecular complexity index is 1120. The molecule has 1 saturated heterocycles. The SMILES string of the molecule is C=Cc1nc(Nc2ncc(C(=O)Nc3c(C)cccc3Cl)o2)nc(N2CCN(C)CC2)n1. The molecule has 1 aliphatic rings. The summed E-state index contributed by atoms with van der Waals surface area (Å²) in [5.74, 6) is 0.769. The summed E-state index contributed by atoms with van der Waals surface area (Å²) in [6.45, 7) is 9.05. The molecule has 0 saturated carbocycles. The maximum atomic E-state index is 12.6. The molecule has 0 spiro atoms. The Labute approximate surface area is 190 Å². The van der Waals surface area contributed by atoms with Crippen LogP contribution in [-0.4, -0.2) is 64.0 Å². The molecule has 0 atom stereocenters. The summed E-state index contributed by atoms with van der Waals surface area (Å²) in [7, 11) is 2.08. The third-order valence-electron chi connectivity index (χ3n) is 5.02. The van der Waals surface area contributed by atoms with Crippen LogP contribution in [-0.2, 0) is 0 Å². The first-order valence-corrected chi connectivity index (χ1v) is 10.4. The van der Waals surface area contributed by atoms with Crippen LogP contribution in [0.3, 0.4) is 0 Å². The van der Waals surface area contributed by atoms with E-state index in [0.717, 1.165) is 31.7 Å². The minimum Gasteiger partial charge on any atom is -0.418 e. The second-order valence-electron chi connectivity index (χ2n) is 7.35. The molecule has 2 aromatic heterocycles. The monoisotopic (exact) mass is 454 g/mol. The predicted octanol–water partition coefficient (Wildman–Crippen LogP) is 3.21. The second kappa shape index (κ2) is 9.33. The number of hydrogen-bond acceptors (Lipinski definition) is 9. The van der Waals surface area contributed by atoms with Crippen molar-refractivity contribution in [3.63, 3.8) is 0 Å². The van der Waals surface area contributed by atoms with Crippen molar-refractivity contribution in [2.24, 2.45) is 0 Å². The molecular formula is C21H23ClN8O2. The zero-order chi connectivity index (χ0) is 22.7. The topological polar surface area (TPSA) is 112 Å². The van der Waals surface area contributed by atoms with Crippen molar-refractivity contribution in [2.45, 2.75) is 6.92 Å². The minimum absolute atomic E-state index is 0.0177. The van der Waals surface area contributed by atoms with E-state index in [0.29, 0.717) is 22.5 Å². The molecular weight excluding hydrogens is 432 g/mol. The van der Waals surface area contributed by atoms with Gasteiger partial charge >= 0.3 is 6.01 Å². The number of aryl methyl sites for hydroxylation is 1. The highest BCUT2D eigenvalue weighted by atomic mass is 35.5. The highest BCUT2D eigenvalue weighted by Gasteiger charge is 2.20. The number of nitrogens with zero attached hydrogens (tertiary/aromatic N) is 6. The molecule has 1 amide bonds. The minimum atomic E-state index is -0.470. The maximum absolute atomic E-state index is 12.6. The molecule has 10 nitrogen and oxygen atoms in total. The average Bonchev–Trinajstić information content (AvgIpc) is 3.25. The molecule has 2 N–H and O–H groups in total. The number of piperazine rings is 1. The normalized spacial score (nSPS) is 14.3. The van der Waals surface area contributed by atoms with Gasteiger partial charge in [0.25, 0.3) is 5.91 Å². The van der Waals surface area contributed by atoms with Crippen molar-refractivity contribution >= 4 is 47.2 Å². The Kier molecular flexibility index (Phi) is 6.33. The molecule has 0 radical (unpaired) electrons. The van der Waals surface area contributed by atoms with Crippen molar-refractivity contribution in [1.29, 1.82) is 0 Å². The zero-order valence-corrected chi connectivity index (χ0v) is 18.6. The van der Waals surface area contributed by atoms with Crippen LogP contribution in [0.1, 0.15) is 21.9 Å². The maximum Gasteiger partial charge on any atom is 0.302 e. The lowest BCUT2D eigenvalue weighted by molar-refractivity contribution is 0.0997. The lowest BCUT2D eigenvalue weighted by atomic mass is 10.2. The fourth-order valence-corrected chi connectivity index (χ4v) is 3.44. The number of rotatable bonds is 6. The molecule has 3 heterocycles. The summed E-state index contributed by atoms with van der Waals surface area (Å²) < 4.78 is 5.55. The van der Waals surface area contributed by atoms with Crippen LogP contribution in [0.4, 0.5) is 23.6 Å². The molecule has 11 heteroatoms. The van der Waals surface area contributed by atoms with Crippen molar-refractivity contribution in [3.05, 3.63) is 53.1 Å². The van der Waals surface area contributed by atoms with Crippen LogP contribution in [0.15, 0.2) is 35.4 Å². The van der Waals surface area contributed by atoms with Gasteiger partial charge in [-0.2, -0.15) is 15.0 Å². The fraction of sp³-hybridized carbons (Fsp3) is 0.286. The molecule has 1 fully saturated rings. The Morgan fingerprint density at radius 1 is 1.22 bits per heavy atom. The van der Waals surface area contributed by atoms with Crippen molar-refractivity contribution in [1.82, 2.24) is 24.8 Å². The summed E-state index contributed by atoms with van der Waals surface area (Å²) in [5, 5.41) is 6.09. The molecule has 0 bridgehead atoms. The van der Waals surface area contributed by atoms with Crippen LogP contribution >= 0.6 is 11.6 Å². The van der Waals surface area contributed by atoms with Gasteiger partial charge in [0, 0.05) is 26.2 Å². The number of benzene rings is 1. The quantitative estimate of drug-likeness (QED) is 0.579. The Morgan fingerprint density at radius 2 is 2.00 bits per heavy atom. The van der Waals surface area contributed by atoms with Gasteiger partial charge in [-0.3, -0.25) is 10.1 Å². The standard InChI is InChI=1S/C21H23ClN8O2/c1-4-16-24-19(27-20(25-16)30-10-8-29(3)9-11-30)28-21-23-12-15(32-21)18(31)26-17-13(2)6-5-7-14(17)22/h4-7,12H,1,8-11H2,2-3H3,(H,26,31)(H,23,24,25,27,28). The smallest absolute Gasteiger partial charge is 0.302 e. The van der Waals surface area contributed by atoms with Crippen LogP contribution in [0.2, 0.25) is 5.02 Å². The van der Waals surface area contributed by atoms with Gasteiger partial charge in [0.15, 0.2) is 5.82 Å². The van der Waals surface area contributed by atoms with E-state index in [9.17, 15) is 4.79 Å².